The monoisotopic (exact) mass is 505 g/mol. The first kappa shape index (κ1) is 25.0. The highest BCUT2D eigenvalue weighted by Gasteiger charge is 2.24. The molecule has 1 aliphatic rings. The fourth-order valence-corrected chi connectivity index (χ4v) is 5.31. The highest BCUT2D eigenvalue weighted by molar-refractivity contribution is 7.99. The minimum absolute atomic E-state index is 0. The van der Waals surface area contributed by atoms with Crippen molar-refractivity contribution in [2.75, 3.05) is 38.7 Å². The molecule has 0 N–H and O–H groups in total. The number of nitrogens with zero attached hydrogens (tertiary/aromatic N) is 3. The van der Waals surface area contributed by atoms with E-state index in [1.807, 2.05) is 37.3 Å². The molecule has 2 heterocycles. The van der Waals surface area contributed by atoms with Crippen LogP contribution >= 0.6 is 24.2 Å². The first-order valence-electron chi connectivity index (χ1n) is 11.5. The number of benzene rings is 3. The van der Waals surface area contributed by atoms with Crippen molar-refractivity contribution in [1.82, 2.24) is 9.88 Å². The molecule has 0 saturated carbocycles. The van der Waals surface area contributed by atoms with Crippen molar-refractivity contribution in [2.24, 2.45) is 0 Å². The Kier molecular flexibility index (Phi) is 7.65. The average Bonchev–Trinajstić information content (AvgIpc) is 2.85. The van der Waals surface area contributed by atoms with E-state index in [-0.39, 0.29) is 18.4 Å². The third-order valence-corrected chi connectivity index (χ3v) is 7.03. The molecule has 1 aromatic heterocycles. The molecule has 180 valence electrons. The Morgan fingerprint density at radius 1 is 0.971 bits per heavy atom. The van der Waals surface area contributed by atoms with Crippen molar-refractivity contribution < 1.29 is 9.53 Å². The predicted octanol–water partition coefficient (Wildman–Crippen LogP) is 6.66. The summed E-state index contributed by atoms with van der Waals surface area (Å²) in [4.78, 5) is 24.7. The van der Waals surface area contributed by atoms with Gasteiger partial charge >= 0.3 is 5.97 Å². The first-order chi connectivity index (χ1) is 16.5. The van der Waals surface area contributed by atoms with Gasteiger partial charge in [0.1, 0.15) is 0 Å². The van der Waals surface area contributed by atoms with Gasteiger partial charge in [0.05, 0.1) is 34.8 Å². The fraction of sp³-hybridized carbons (Fsp3) is 0.214. The summed E-state index contributed by atoms with van der Waals surface area (Å²) in [6, 6.07) is 24.6. The van der Waals surface area contributed by atoms with Crippen LogP contribution in [0, 0.1) is 0 Å². The summed E-state index contributed by atoms with van der Waals surface area (Å²) >= 11 is 1.79. The van der Waals surface area contributed by atoms with Gasteiger partial charge in [-0.3, -0.25) is 0 Å². The summed E-state index contributed by atoms with van der Waals surface area (Å²) in [5, 5.41) is 0.805. The maximum atomic E-state index is 12.7. The van der Waals surface area contributed by atoms with E-state index in [1.54, 1.807) is 11.8 Å². The normalized spacial score (nSPS) is 12.2. The van der Waals surface area contributed by atoms with Gasteiger partial charge in [-0.2, -0.15) is 0 Å². The molecule has 0 atom stereocenters. The average molecular weight is 506 g/mol. The van der Waals surface area contributed by atoms with E-state index >= 15 is 0 Å². The molecule has 0 amide bonds. The van der Waals surface area contributed by atoms with Gasteiger partial charge in [0, 0.05) is 33.8 Å². The molecule has 4 aromatic rings. The van der Waals surface area contributed by atoms with Gasteiger partial charge in [0.15, 0.2) is 0 Å². The Morgan fingerprint density at radius 3 is 2.51 bits per heavy atom. The van der Waals surface area contributed by atoms with E-state index in [2.05, 4.69) is 66.4 Å². The molecule has 5 nitrogen and oxygen atoms in total. The Balaban J connectivity index is 0.00000289. The van der Waals surface area contributed by atoms with Gasteiger partial charge < -0.3 is 14.5 Å². The first-order valence-corrected chi connectivity index (χ1v) is 12.3. The van der Waals surface area contributed by atoms with Gasteiger partial charge in [-0.1, -0.05) is 48.2 Å². The van der Waals surface area contributed by atoms with Gasteiger partial charge in [0.25, 0.3) is 0 Å². The minimum Gasteiger partial charge on any atom is -0.462 e. The van der Waals surface area contributed by atoms with Crippen LogP contribution in [0.3, 0.4) is 0 Å². The lowest BCUT2D eigenvalue weighted by atomic mass is 10.0. The summed E-state index contributed by atoms with van der Waals surface area (Å²) < 4.78 is 5.34. The Hall–Kier alpha value is -3.06. The second kappa shape index (κ2) is 10.7. The zero-order chi connectivity index (χ0) is 23.7. The van der Waals surface area contributed by atoms with Crippen LogP contribution in [-0.2, 0) is 4.74 Å². The zero-order valence-electron chi connectivity index (χ0n) is 20.0. The number of ether oxygens (including phenoxy) is 1. The van der Waals surface area contributed by atoms with Crippen LogP contribution in [0.25, 0.3) is 22.2 Å². The molecule has 35 heavy (non-hydrogen) atoms. The number of likely N-dealkylation sites (N-methyl/N-ethyl adjacent to an activating group) is 1. The van der Waals surface area contributed by atoms with E-state index in [4.69, 9.17) is 9.72 Å². The molecular formula is C28H28ClN3O2S. The topological polar surface area (TPSA) is 45.7 Å². The van der Waals surface area contributed by atoms with Crippen molar-refractivity contribution in [3.63, 3.8) is 0 Å². The molecule has 0 unspecified atom stereocenters. The number of anilines is 2. The third kappa shape index (κ3) is 5.01. The highest BCUT2D eigenvalue weighted by Crippen LogP contribution is 2.49. The molecule has 5 rings (SSSR count). The van der Waals surface area contributed by atoms with Crippen LogP contribution in [0.15, 0.2) is 82.6 Å². The Morgan fingerprint density at radius 2 is 1.71 bits per heavy atom. The summed E-state index contributed by atoms with van der Waals surface area (Å²) in [5.41, 5.74) is 5.45. The van der Waals surface area contributed by atoms with Crippen LogP contribution in [0.5, 0.6) is 0 Å². The van der Waals surface area contributed by atoms with Gasteiger partial charge in [-0.05, 0) is 57.4 Å². The summed E-state index contributed by atoms with van der Waals surface area (Å²) in [6.45, 7) is 3.97. The number of fused-ring (bicyclic) bond motifs is 3. The van der Waals surface area contributed by atoms with Gasteiger partial charge in [-0.25, -0.2) is 9.78 Å². The lowest BCUT2D eigenvalue weighted by molar-refractivity contribution is 0.0528. The van der Waals surface area contributed by atoms with Crippen molar-refractivity contribution >= 4 is 52.4 Å². The number of halogens is 1. The van der Waals surface area contributed by atoms with Crippen molar-refractivity contribution in [2.45, 2.75) is 16.7 Å². The summed E-state index contributed by atoms with van der Waals surface area (Å²) in [7, 11) is 4.19. The number of para-hydroxylation sites is 2. The Bertz CT molecular complexity index is 1380. The molecule has 0 saturated heterocycles. The van der Waals surface area contributed by atoms with Crippen molar-refractivity contribution in [1.29, 1.82) is 0 Å². The van der Waals surface area contributed by atoms with Crippen LogP contribution in [-0.4, -0.2) is 49.6 Å². The molecule has 1 aliphatic heterocycles. The number of hydrogen-bond donors (Lipinski definition) is 0. The van der Waals surface area contributed by atoms with E-state index in [0.717, 1.165) is 40.9 Å². The minimum atomic E-state index is -0.322. The number of rotatable bonds is 6. The number of esters is 1. The molecule has 0 spiro atoms. The van der Waals surface area contributed by atoms with Crippen LogP contribution in [0.4, 0.5) is 11.4 Å². The quantitative estimate of drug-likeness (QED) is 0.273. The van der Waals surface area contributed by atoms with Crippen LogP contribution in [0.1, 0.15) is 17.3 Å². The predicted molar refractivity (Wildman–Crippen MR) is 147 cm³/mol. The van der Waals surface area contributed by atoms with E-state index < -0.39 is 0 Å². The summed E-state index contributed by atoms with van der Waals surface area (Å²) in [6.07, 6.45) is 0. The Labute approximate surface area is 216 Å². The molecule has 0 radical (unpaired) electrons. The highest BCUT2D eigenvalue weighted by atomic mass is 35.5. The van der Waals surface area contributed by atoms with E-state index in [1.165, 1.54) is 15.5 Å². The third-order valence-electron chi connectivity index (χ3n) is 5.90. The maximum absolute atomic E-state index is 12.7. The number of aromatic nitrogens is 1. The lowest BCUT2D eigenvalue weighted by Crippen LogP contribution is -2.29. The maximum Gasteiger partial charge on any atom is 0.338 e. The van der Waals surface area contributed by atoms with Gasteiger partial charge in [-0.15, -0.1) is 12.4 Å². The SMILES string of the molecule is CCOC(=O)c1cc(-c2ccc3c(c2)N(CCN(C)C)c2ccccc2S3)nc2ccccc12.Cl. The van der Waals surface area contributed by atoms with Crippen LogP contribution in [0.2, 0.25) is 0 Å². The van der Waals surface area contributed by atoms with Crippen molar-refractivity contribution in [3.05, 3.63) is 78.4 Å². The standard InChI is InChI=1S/C28H27N3O2S.ClH/c1-4-33-28(32)21-18-23(29-22-10-6-5-9-20(21)22)19-13-14-27-25(17-19)31(16-15-30(2)3)24-11-7-8-12-26(24)34-27;/h5-14,17-18H,4,15-16H2,1-3H3;1H. The molecule has 0 aliphatic carbocycles. The molecule has 0 fully saturated rings. The number of pyridine rings is 1. The van der Waals surface area contributed by atoms with Crippen LogP contribution < -0.4 is 4.90 Å². The van der Waals surface area contributed by atoms with E-state index in [9.17, 15) is 4.79 Å². The lowest BCUT2D eigenvalue weighted by Gasteiger charge is -2.34. The molecular weight excluding hydrogens is 478 g/mol. The second-order valence-corrected chi connectivity index (χ2v) is 9.58. The smallest absolute Gasteiger partial charge is 0.338 e. The second-order valence-electron chi connectivity index (χ2n) is 8.50. The van der Waals surface area contributed by atoms with Crippen molar-refractivity contribution in [3.8, 4) is 11.3 Å². The number of carbonyl (C=O) groups is 1. The summed E-state index contributed by atoms with van der Waals surface area (Å²) in [5.74, 6) is -0.322. The largest absolute Gasteiger partial charge is 0.462 e. The van der Waals surface area contributed by atoms with E-state index in [0.29, 0.717) is 12.2 Å². The fourth-order valence-electron chi connectivity index (χ4n) is 4.23. The van der Waals surface area contributed by atoms with Gasteiger partial charge in [0.2, 0.25) is 0 Å². The zero-order valence-corrected chi connectivity index (χ0v) is 21.7. The molecule has 7 heteroatoms. The number of hydrogen-bond acceptors (Lipinski definition) is 6. The molecule has 3 aromatic carbocycles. The molecule has 0 bridgehead atoms. The number of carbonyl (C=O) groups excluding carboxylic acids is 1.